The lowest BCUT2D eigenvalue weighted by atomic mass is 9.70. The van der Waals surface area contributed by atoms with E-state index in [1.165, 1.54) is 18.6 Å². The average Bonchev–Trinajstić information content (AvgIpc) is 3.92. The van der Waals surface area contributed by atoms with Crippen molar-refractivity contribution < 1.29 is 28.8 Å². The van der Waals surface area contributed by atoms with Crippen LogP contribution in [-0.4, -0.2) is 86.9 Å². The number of ketones is 1. The Morgan fingerprint density at radius 1 is 0.960 bits per heavy atom. The Bertz CT molecular complexity index is 1480. The van der Waals surface area contributed by atoms with E-state index >= 15 is 0 Å². The Kier molecular flexibility index (Phi) is 10.7. The molecule has 50 heavy (non-hydrogen) atoms. The summed E-state index contributed by atoms with van der Waals surface area (Å²) in [6.45, 7) is 13.9. The number of aromatic nitrogens is 2. The zero-order valence-corrected chi connectivity index (χ0v) is 30.6. The molecule has 2 heterocycles. The standard InChI is InChI=1S/C37H55N7O6/c1-8-12-23(27(45)32(48)40-21-13-14-21)41-31(47)26-25-22(36(25,5)6)20-44(26)34(50)29(35(2,3)4)43-33(49)28(37(7)15-10-9-11-16-37)42-30(46)24-19-38-17-18-39-24/h17-19,21-23,25-26,28-29H,8-16,20H2,1-7H3,(H,40,48)(H,41,47)(H,42,46)(H,43,49)/t22-,23?,25-,26-,28+,29+/m0/s1. The first-order valence-electron chi connectivity index (χ1n) is 18.3. The highest BCUT2D eigenvalue weighted by atomic mass is 16.2. The van der Waals surface area contributed by atoms with E-state index in [9.17, 15) is 28.8 Å². The van der Waals surface area contributed by atoms with Crippen molar-refractivity contribution in [2.24, 2.45) is 28.1 Å². The largest absolute Gasteiger partial charge is 0.347 e. The van der Waals surface area contributed by atoms with Crippen LogP contribution >= 0.6 is 0 Å². The Hall–Kier alpha value is -3.90. The maximum Gasteiger partial charge on any atom is 0.289 e. The van der Waals surface area contributed by atoms with Crippen molar-refractivity contribution in [1.82, 2.24) is 36.1 Å². The van der Waals surface area contributed by atoms with Crippen molar-refractivity contribution in [1.29, 1.82) is 0 Å². The molecule has 1 aromatic heterocycles. The van der Waals surface area contributed by atoms with Crippen molar-refractivity contribution in [2.45, 2.75) is 136 Å². The normalized spacial score (nSPS) is 25.3. The van der Waals surface area contributed by atoms with Crippen molar-refractivity contribution in [3.8, 4) is 0 Å². The summed E-state index contributed by atoms with van der Waals surface area (Å²) in [4.78, 5) is 91.8. The van der Waals surface area contributed by atoms with E-state index in [-0.39, 0.29) is 29.0 Å². The Balaban J connectivity index is 1.38. The van der Waals surface area contributed by atoms with Gasteiger partial charge >= 0.3 is 0 Å². The third kappa shape index (κ3) is 7.86. The van der Waals surface area contributed by atoms with Gasteiger partial charge in [0.05, 0.1) is 12.2 Å². The molecule has 4 aliphatic rings. The molecule has 1 aliphatic heterocycles. The SMILES string of the molecule is CCCC(NC(=O)[C@@H]1[C@@H]2[C@H](CN1C(=O)[C@@H](NC(=O)[C@@H](NC(=O)c1cnccn1)C1(C)CCCCC1)C(C)(C)C)C2(C)C)C(=O)C(=O)NC1CC1. The molecule has 3 saturated carbocycles. The molecule has 0 radical (unpaired) electrons. The Morgan fingerprint density at radius 3 is 2.22 bits per heavy atom. The third-order valence-electron chi connectivity index (χ3n) is 11.5. The van der Waals surface area contributed by atoms with Gasteiger partial charge in [-0.1, -0.05) is 74.1 Å². The number of rotatable bonds is 13. The van der Waals surface area contributed by atoms with Crippen LogP contribution < -0.4 is 21.3 Å². The summed E-state index contributed by atoms with van der Waals surface area (Å²) in [6, 6.07) is -3.83. The minimum atomic E-state index is -1.02. The first-order chi connectivity index (χ1) is 23.5. The van der Waals surface area contributed by atoms with Gasteiger partial charge in [-0.15, -0.1) is 0 Å². The maximum atomic E-state index is 14.6. The lowest BCUT2D eigenvalue weighted by Gasteiger charge is -2.42. The van der Waals surface area contributed by atoms with Crippen LogP contribution in [-0.2, 0) is 24.0 Å². The summed E-state index contributed by atoms with van der Waals surface area (Å²) in [5, 5.41) is 11.5. The molecule has 3 aliphatic carbocycles. The van der Waals surface area contributed by atoms with E-state index < -0.39 is 70.3 Å². The Morgan fingerprint density at radius 2 is 1.64 bits per heavy atom. The Labute approximate surface area is 295 Å². The first-order valence-corrected chi connectivity index (χ1v) is 18.3. The number of Topliss-reactive ketones (excluding diaryl/α,β-unsaturated/α-hetero) is 1. The van der Waals surface area contributed by atoms with Gasteiger partial charge in [-0.2, -0.15) is 0 Å². The molecule has 5 amide bonds. The smallest absolute Gasteiger partial charge is 0.289 e. The van der Waals surface area contributed by atoms with Gasteiger partial charge in [0.2, 0.25) is 23.5 Å². The quantitative estimate of drug-likeness (QED) is 0.228. The lowest BCUT2D eigenvalue weighted by molar-refractivity contribution is -0.147. The second-order valence-corrected chi connectivity index (χ2v) is 16.9. The van der Waals surface area contributed by atoms with E-state index in [0.717, 1.165) is 44.9 Å². The summed E-state index contributed by atoms with van der Waals surface area (Å²) in [6.07, 6.45) is 11.1. The molecule has 13 heteroatoms. The van der Waals surface area contributed by atoms with Crippen LogP contribution in [0, 0.1) is 28.1 Å². The highest BCUT2D eigenvalue weighted by Gasteiger charge is 2.70. The van der Waals surface area contributed by atoms with Crippen LogP contribution in [0.5, 0.6) is 0 Å². The zero-order valence-electron chi connectivity index (χ0n) is 30.6. The molecule has 0 spiro atoms. The highest BCUT2D eigenvalue weighted by Crippen LogP contribution is 2.65. The van der Waals surface area contributed by atoms with Crippen LogP contribution in [0.1, 0.15) is 117 Å². The lowest BCUT2D eigenvalue weighted by Crippen LogP contribution is -2.64. The fourth-order valence-electron chi connectivity index (χ4n) is 8.14. The number of nitrogens with one attached hydrogen (secondary N) is 4. The molecule has 1 saturated heterocycles. The van der Waals surface area contributed by atoms with Crippen LogP contribution in [0.15, 0.2) is 18.6 Å². The predicted molar refractivity (Wildman–Crippen MR) is 185 cm³/mol. The molecule has 13 nitrogen and oxygen atoms in total. The number of likely N-dealkylation sites (tertiary alicyclic amines) is 1. The molecule has 1 aromatic rings. The molecule has 4 fully saturated rings. The van der Waals surface area contributed by atoms with Crippen molar-refractivity contribution >= 4 is 35.3 Å². The van der Waals surface area contributed by atoms with Gasteiger partial charge in [-0.05, 0) is 60.2 Å². The number of carbonyl (C=O) groups is 6. The summed E-state index contributed by atoms with van der Waals surface area (Å²) in [5.41, 5.74) is -1.42. The third-order valence-corrected chi connectivity index (χ3v) is 11.5. The highest BCUT2D eigenvalue weighted by molar-refractivity contribution is 6.38. The maximum absolute atomic E-state index is 14.6. The monoisotopic (exact) mass is 693 g/mol. The van der Waals surface area contributed by atoms with Gasteiger partial charge in [0.15, 0.2) is 0 Å². The van der Waals surface area contributed by atoms with Gasteiger partial charge in [0.25, 0.3) is 11.8 Å². The van der Waals surface area contributed by atoms with Crippen LogP contribution in [0.2, 0.25) is 0 Å². The van der Waals surface area contributed by atoms with E-state index in [1.54, 1.807) is 4.90 Å². The molecular weight excluding hydrogens is 638 g/mol. The summed E-state index contributed by atoms with van der Waals surface area (Å²) in [7, 11) is 0. The molecule has 5 rings (SSSR count). The van der Waals surface area contributed by atoms with Crippen LogP contribution in [0.3, 0.4) is 0 Å². The minimum Gasteiger partial charge on any atom is -0.347 e. The van der Waals surface area contributed by atoms with Gasteiger partial charge in [0.1, 0.15) is 23.8 Å². The topological polar surface area (TPSA) is 180 Å². The summed E-state index contributed by atoms with van der Waals surface area (Å²) in [5.74, 6) is -3.31. The number of nitrogens with zero attached hydrogens (tertiary/aromatic N) is 3. The number of hydrogen-bond acceptors (Lipinski definition) is 8. The van der Waals surface area contributed by atoms with Gasteiger partial charge in [-0.3, -0.25) is 33.8 Å². The summed E-state index contributed by atoms with van der Waals surface area (Å²) < 4.78 is 0. The van der Waals surface area contributed by atoms with Crippen molar-refractivity contribution in [3.05, 3.63) is 24.3 Å². The van der Waals surface area contributed by atoms with Crippen LogP contribution in [0.4, 0.5) is 0 Å². The minimum absolute atomic E-state index is 0.00516. The molecule has 1 unspecified atom stereocenters. The molecule has 274 valence electrons. The average molecular weight is 694 g/mol. The number of hydrogen-bond donors (Lipinski definition) is 4. The number of fused-ring (bicyclic) bond motifs is 1. The second kappa shape index (κ2) is 14.4. The number of amides is 5. The summed E-state index contributed by atoms with van der Waals surface area (Å²) >= 11 is 0. The molecule has 0 aromatic carbocycles. The van der Waals surface area contributed by atoms with E-state index in [4.69, 9.17) is 0 Å². The number of piperidine rings is 1. The van der Waals surface area contributed by atoms with Gasteiger partial charge in [0, 0.05) is 25.0 Å². The van der Waals surface area contributed by atoms with Crippen LogP contribution in [0.25, 0.3) is 0 Å². The molecule has 0 bridgehead atoms. The molecule has 6 atom stereocenters. The number of carbonyl (C=O) groups excluding carboxylic acids is 6. The van der Waals surface area contributed by atoms with Gasteiger partial charge in [-0.25, -0.2) is 4.98 Å². The first kappa shape index (κ1) is 37.4. The fraction of sp³-hybridized carbons (Fsp3) is 0.730. The predicted octanol–water partition coefficient (Wildman–Crippen LogP) is 2.69. The van der Waals surface area contributed by atoms with E-state index in [2.05, 4.69) is 45.1 Å². The van der Waals surface area contributed by atoms with E-state index in [1.807, 2.05) is 34.6 Å². The zero-order chi connectivity index (χ0) is 36.6. The van der Waals surface area contributed by atoms with Gasteiger partial charge < -0.3 is 26.2 Å². The van der Waals surface area contributed by atoms with Crippen molar-refractivity contribution in [3.63, 3.8) is 0 Å². The fourth-order valence-corrected chi connectivity index (χ4v) is 8.14. The molecular formula is C37H55N7O6. The van der Waals surface area contributed by atoms with Crippen molar-refractivity contribution in [2.75, 3.05) is 6.54 Å². The van der Waals surface area contributed by atoms with E-state index in [0.29, 0.717) is 19.4 Å². The second-order valence-electron chi connectivity index (χ2n) is 16.9. The molecule has 4 N–H and O–H groups in total.